The second-order valence-corrected chi connectivity index (χ2v) is 7.01. The largest absolute Gasteiger partial charge is 0.490 e. The number of benzene rings is 1. The zero-order valence-electron chi connectivity index (χ0n) is 12.9. The second kappa shape index (κ2) is 7.02. The molecule has 2 aliphatic carbocycles. The summed E-state index contributed by atoms with van der Waals surface area (Å²) in [4.78, 5) is 0. The number of hydrogen-bond acceptors (Lipinski definition) is 2. The van der Waals surface area contributed by atoms with Crippen LogP contribution in [0.25, 0.3) is 0 Å². The molecule has 21 heavy (non-hydrogen) atoms. The second-order valence-electron chi connectivity index (χ2n) is 6.58. The summed E-state index contributed by atoms with van der Waals surface area (Å²) < 4.78 is 6.29. The van der Waals surface area contributed by atoms with E-state index in [2.05, 4.69) is 12.2 Å². The van der Waals surface area contributed by atoms with E-state index in [1.54, 1.807) is 0 Å². The van der Waals surface area contributed by atoms with Gasteiger partial charge in [0.15, 0.2) is 0 Å². The topological polar surface area (TPSA) is 21.3 Å². The minimum Gasteiger partial charge on any atom is -0.490 e. The fourth-order valence-electron chi connectivity index (χ4n) is 3.18. The molecule has 0 saturated heterocycles. The van der Waals surface area contributed by atoms with E-state index in [0.29, 0.717) is 12.1 Å². The molecule has 2 saturated carbocycles. The van der Waals surface area contributed by atoms with Crippen LogP contribution >= 0.6 is 11.6 Å². The van der Waals surface area contributed by atoms with Gasteiger partial charge < -0.3 is 10.1 Å². The fourth-order valence-corrected chi connectivity index (χ4v) is 3.38. The molecule has 2 fully saturated rings. The van der Waals surface area contributed by atoms with Gasteiger partial charge in [0.25, 0.3) is 0 Å². The van der Waals surface area contributed by atoms with Gasteiger partial charge in [-0.25, -0.2) is 0 Å². The Morgan fingerprint density at radius 3 is 2.57 bits per heavy atom. The third-order valence-corrected chi connectivity index (χ3v) is 5.08. The summed E-state index contributed by atoms with van der Waals surface area (Å²) >= 11 is 6.15. The van der Waals surface area contributed by atoms with Crippen LogP contribution in [0, 0.1) is 5.92 Å². The van der Waals surface area contributed by atoms with E-state index in [9.17, 15) is 0 Å². The van der Waals surface area contributed by atoms with Crippen molar-refractivity contribution in [2.45, 2.75) is 70.6 Å². The van der Waals surface area contributed by atoms with Crippen molar-refractivity contribution >= 4 is 11.6 Å². The summed E-state index contributed by atoms with van der Waals surface area (Å²) in [7, 11) is 0. The number of rotatable bonds is 6. The van der Waals surface area contributed by atoms with Crippen LogP contribution in [0.5, 0.6) is 5.75 Å². The lowest BCUT2D eigenvalue weighted by atomic mass is 9.86. The average Bonchev–Trinajstić information content (AvgIpc) is 3.32. The third-order valence-electron chi connectivity index (χ3n) is 4.85. The highest BCUT2D eigenvalue weighted by Gasteiger charge is 2.23. The fraction of sp³-hybridized carbons (Fsp3) is 0.667. The lowest BCUT2D eigenvalue weighted by molar-refractivity contribution is 0.128. The van der Waals surface area contributed by atoms with Gasteiger partial charge in [0.1, 0.15) is 5.75 Å². The van der Waals surface area contributed by atoms with Gasteiger partial charge in [-0.3, -0.25) is 0 Å². The van der Waals surface area contributed by atoms with E-state index in [1.165, 1.54) is 50.5 Å². The average molecular weight is 308 g/mol. The van der Waals surface area contributed by atoms with E-state index in [4.69, 9.17) is 16.3 Å². The minimum atomic E-state index is 0.383. The Bertz CT molecular complexity index is 464. The van der Waals surface area contributed by atoms with Crippen molar-refractivity contribution in [2.75, 3.05) is 0 Å². The quantitative estimate of drug-likeness (QED) is 0.803. The number of nitrogens with one attached hydrogen (secondary N) is 1. The van der Waals surface area contributed by atoms with Gasteiger partial charge in [-0.15, -0.1) is 0 Å². The molecular formula is C18H26ClNO. The minimum absolute atomic E-state index is 0.383. The van der Waals surface area contributed by atoms with E-state index >= 15 is 0 Å². The molecule has 0 spiro atoms. The van der Waals surface area contributed by atoms with Crippen molar-refractivity contribution < 1.29 is 4.74 Å². The lowest BCUT2D eigenvalue weighted by Gasteiger charge is -2.29. The van der Waals surface area contributed by atoms with Crippen molar-refractivity contribution in [2.24, 2.45) is 5.92 Å². The van der Waals surface area contributed by atoms with E-state index in [0.717, 1.165) is 23.2 Å². The van der Waals surface area contributed by atoms with Gasteiger partial charge in [-0.05, 0) is 62.6 Å². The zero-order chi connectivity index (χ0) is 14.7. The van der Waals surface area contributed by atoms with Gasteiger partial charge in [-0.1, -0.05) is 24.9 Å². The molecular weight excluding hydrogens is 282 g/mol. The van der Waals surface area contributed by atoms with Gasteiger partial charge >= 0.3 is 0 Å². The van der Waals surface area contributed by atoms with Gasteiger partial charge in [0.2, 0.25) is 0 Å². The molecule has 0 heterocycles. The summed E-state index contributed by atoms with van der Waals surface area (Å²) in [6.45, 7) is 3.16. The summed E-state index contributed by atoms with van der Waals surface area (Å²) in [5.41, 5.74) is 1.20. The number of hydrogen-bond donors (Lipinski definition) is 1. The Morgan fingerprint density at radius 2 is 1.90 bits per heavy atom. The predicted octanol–water partition coefficient (Wildman–Crippen LogP) is 4.94. The molecule has 1 N–H and O–H groups in total. The molecule has 0 aromatic heterocycles. The molecule has 1 aromatic carbocycles. The molecule has 1 aromatic rings. The van der Waals surface area contributed by atoms with Crippen LogP contribution in [-0.2, 0) is 6.54 Å². The maximum Gasteiger partial charge on any atom is 0.124 e. The van der Waals surface area contributed by atoms with Crippen molar-refractivity contribution in [3.63, 3.8) is 0 Å². The van der Waals surface area contributed by atoms with Gasteiger partial charge in [0.05, 0.1) is 6.10 Å². The monoisotopic (exact) mass is 307 g/mol. The maximum absolute atomic E-state index is 6.29. The van der Waals surface area contributed by atoms with Crippen LogP contribution in [0.4, 0.5) is 0 Å². The first-order valence-electron chi connectivity index (χ1n) is 8.43. The van der Waals surface area contributed by atoms with Crippen molar-refractivity contribution in [1.82, 2.24) is 5.32 Å². The number of halogens is 1. The first-order chi connectivity index (χ1) is 10.2. The van der Waals surface area contributed by atoms with E-state index in [1.807, 2.05) is 18.2 Å². The highest BCUT2D eigenvalue weighted by Crippen LogP contribution is 2.32. The molecule has 0 aliphatic heterocycles. The molecule has 2 nitrogen and oxygen atoms in total. The van der Waals surface area contributed by atoms with Crippen molar-refractivity contribution in [3.8, 4) is 5.75 Å². The van der Waals surface area contributed by atoms with Crippen molar-refractivity contribution in [3.05, 3.63) is 28.8 Å². The Balaban J connectivity index is 1.60. The highest BCUT2D eigenvalue weighted by atomic mass is 35.5. The van der Waals surface area contributed by atoms with E-state index in [-0.39, 0.29) is 0 Å². The molecule has 0 radical (unpaired) electrons. The Labute approximate surface area is 133 Å². The molecule has 0 unspecified atom stereocenters. The first-order valence-corrected chi connectivity index (χ1v) is 8.81. The highest BCUT2D eigenvalue weighted by molar-refractivity contribution is 6.30. The standard InChI is InChI=1S/C18H26ClNO/c1-2-13-3-8-17(9-4-13)21-18-10-5-15(19)11-14(18)12-20-16-6-7-16/h5,10-11,13,16-17,20H,2-4,6-9,12H2,1H3. The molecule has 116 valence electrons. The molecule has 2 aliphatic rings. The lowest BCUT2D eigenvalue weighted by Crippen LogP contribution is -2.25. The van der Waals surface area contributed by atoms with Crippen LogP contribution in [0.2, 0.25) is 5.02 Å². The summed E-state index contributed by atoms with van der Waals surface area (Å²) in [6.07, 6.45) is 9.30. The van der Waals surface area contributed by atoms with Crippen LogP contribution in [0.3, 0.4) is 0 Å². The molecule has 0 atom stereocenters. The summed E-state index contributed by atoms with van der Waals surface area (Å²) in [6, 6.07) is 6.73. The summed E-state index contributed by atoms with van der Waals surface area (Å²) in [5, 5.41) is 4.35. The normalized spacial score (nSPS) is 25.8. The zero-order valence-corrected chi connectivity index (χ0v) is 13.7. The smallest absolute Gasteiger partial charge is 0.124 e. The third kappa shape index (κ3) is 4.37. The number of ether oxygens (including phenoxy) is 1. The van der Waals surface area contributed by atoms with Gasteiger partial charge in [-0.2, -0.15) is 0 Å². The van der Waals surface area contributed by atoms with Crippen LogP contribution < -0.4 is 10.1 Å². The Kier molecular flexibility index (Phi) is 5.07. The molecule has 3 rings (SSSR count). The molecule has 0 bridgehead atoms. The van der Waals surface area contributed by atoms with Gasteiger partial charge in [0, 0.05) is 23.2 Å². The maximum atomic E-state index is 6.29. The predicted molar refractivity (Wildman–Crippen MR) is 88.0 cm³/mol. The SMILES string of the molecule is CCC1CCC(Oc2ccc(Cl)cc2CNC2CC2)CC1. The first kappa shape index (κ1) is 15.2. The Morgan fingerprint density at radius 1 is 1.14 bits per heavy atom. The summed E-state index contributed by atoms with van der Waals surface area (Å²) in [5.74, 6) is 1.93. The Hall–Kier alpha value is -0.730. The van der Waals surface area contributed by atoms with Crippen LogP contribution in [0.1, 0.15) is 57.4 Å². The molecule has 3 heteroatoms. The van der Waals surface area contributed by atoms with E-state index < -0.39 is 0 Å². The van der Waals surface area contributed by atoms with Crippen LogP contribution in [-0.4, -0.2) is 12.1 Å². The van der Waals surface area contributed by atoms with Crippen LogP contribution in [0.15, 0.2) is 18.2 Å². The van der Waals surface area contributed by atoms with Crippen molar-refractivity contribution in [1.29, 1.82) is 0 Å². The molecule has 0 amide bonds.